The molecule has 1 aliphatic heterocycles. The second kappa shape index (κ2) is 10.6. The van der Waals surface area contributed by atoms with Crippen LogP contribution < -0.4 is 10.5 Å². The lowest BCUT2D eigenvalue weighted by Gasteiger charge is -2.53. The third kappa shape index (κ3) is 5.30. The minimum Gasteiger partial charge on any atom is -0.495 e. The number of nitrogen functional groups attached to an aromatic ring is 1. The fourth-order valence-corrected chi connectivity index (χ4v) is 5.67. The quantitative estimate of drug-likeness (QED) is 0.326. The molecule has 3 heterocycles. The number of fused-ring (bicyclic) bond motifs is 1. The van der Waals surface area contributed by atoms with Gasteiger partial charge in [0.2, 0.25) is 5.69 Å². The third-order valence-electron chi connectivity index (χ3n) is 7.81. The number of ether oxygens (including phenoxy) is 2. The molecule has 1 aliphatic rings. The molecule has 210 valence electrons. The smallest absolute Gasteiger partial charge is 0.212 e. The first-order chi connectivity index (χ1) is 18.2. The van der Waals surface area contributed by atoms with Gasteiger partial charge in [-0.2, -0.15) is 5.10 Å². The van der Waals surface area contributed by atoms with Crippen molar-refractivity contribution in [3.05, 3.63) is 45.7 Å². The molecule has 0 radical (unpaired) electrons. The van der Waals surface area contributed by atoms with Gasteiger partial charge in [0.05, 0.1) is 42.0 Å². The summed E-state index contributed by atoms with van der Waals surface area (Å²) in [6, 6.07) is 1.56. The Morgan fingerprint density at radius 2 is 1.87 bits per heavy atom. The van der Waals surface area contributed by atoms with Crippen molar-refractivity contribution in [2.45, 2.75) is 91.5 Å². The number of nitrogens with zero attached hydrogens (tertiary/aromatic N) is 6. The molecule has 0 spiro atoms. The summed E-state index contributed by atoms with van der Waals surface area (Å²) in [7, 11) is 0. The second-order valence-corrected chi connectivity index (χ2v) is 12.3. The molecule has 3 aromatic rings. The van der Waals surface area contributed by atoms with E-state index in [2.05, 4.69) is 61.3 Å². The van der Waals surface area contributed by atoms with Crippen LogP contribution in [-0.2, 0) is 4.74 Å². The maximum Gasteiger partial charge on any atom is 0.212 e. The van der Waals surface area contributed by atoms with E-state index in [1.165, 1.54) is 6.33 Å². The number of hydrogen-bond acceptors (Lipinski definition) is 7. The van der Waals surface area contributed by atoms with E-state index >= 15 is 0 Å². The summed E-state index contributed by atoms with van der Waals surface area (Å²) >= 11 is 6.78. The molecule has 2 N–H and O–H groups in total. The molecule has 0 amide bonds. The highest BCUT2D eigenvalue weighted by molar-refractivity contribution is 6.33. The van der Waals surface area contributed by atoms with Crippen LogP contribution in [0.15, 0.2) is 12.4 Å². The van der Waals surface area contributed by atoms with Crippen molar-refractivity contribution in [1.29, 1.82) is 0 Å². The molecular formula is C29H40ClN7O2. The monoisotopic (exact) mass is 553 g/mol. The zero-order valence-electron chi connectivity index (χ0n) is 24.5. The van der Waals surface area contributed by atoms with E-state index in [-0.39, 0.29) is 29.2 Å². The van der Waals surface area contributed by atoms with E-state index < -0.39 is 0 Å². The summed E-state index contributed by atoms with van der Waals surface area (Å²) in [5, 5.41) is 5.90. The number of nitrogens with two attached hydrogens (primary N) is 1. The number of aryl methyl sites for hydroxylation is 1. The van der Waals surface area contributed by atoms with E-state index in [0.29, 0.717) is 34.5 Å². The molecule has 1 saturated heterocycles. The van der Waals surface area contributed by atoms with Gasteiger partial charge in [0.1, 0.15) is 17.9 Å². The summed E-state index contributed by atoms with van der Waals surface area (Å²) in [4.78, 5) is 14.9. The predicted molar refractivity (Wildman–Crippen MR) is 156 cm³/mol. The van der Waals surface area contributed by atoms with Gasteiger partial charge in [0.15, 0.2) is 5.65 Å². The molecule has 1 fully saturated rings. The Balaban J connectivity index is 1.75. The number of hydrogen-bond donors (Lipinski definition) is 1. The molecule has 10 heteroatoms. The molecular weight excluding hydrogens is 514 g/mol. The van der Waals surface area contributed by atoms with Crippen molar-refractivity contribution < 1.29 is 9.47 Å². The van der Waals surface area contributed by atoms with E-state index in [1.54, 1.807) is 0 Å². The van der Waals surface area contributed by atoms with Gasteiger partial charge in [-0.15, -0.1) is 0 Å². The van der Waals surface area contributed by atoms with Crippen LogP contribution in [0.25, 0.3) is 15.9 Å². The Morgan fingerprint density at radius 3 is 2.46 bits per heavy atom. The van der Waals surface area contributed by atoms with Gasteiger partial charge in [-0.3, -0.25) is 4.90 Å². The predicted octanol–water partition coefficient (Wildman–Crippen LogP) is 6.31. The molecule has 1 unspecified atom stereocenters. The zero-order valence-corrected chi connectivity index (χ0v) is 25.2. The van der Waals surface area contributed by atoms with Crippen molar-refractivity contribution in [2.75, 3.05) is 25.4 Å². The number of rotatable bonds is 8. The molecule has 2 aromatic heterocycles. The van der Waals surface area contributed by atoms with Crippen molar-refractivity contribution in [3.63, 3.8) is 0 Å². The van der Waals surface area contributed by atoms with E-state index in [1.807, 2.05) is 31.5 Å². The van der Waals surface area contributed by atoms with E-state index in [9.17, 15) is 0 Å². The molecule has 0 aliphatic carbocycles. The summed E-state index contributed by atoms with van der Waals surface area (Å²) in [5.74, 6) is 1.19. The van der Waals surface area contributed by atoms with Gasteiger partial charge in [-0.1, -0.05) is 11.6 Å². The lowest BCUT2D eigenvalue weighted by atomic mass is 9.82. The number of benzene rings is 1. The number of aromatic nitrogens is 4. The molecule has 0 saturated carbocycles. The van der Waals surface area contributed by atoms with Crippen molar-refractivity contribution in [2.24, 2.45) is 0 Å². The molecule has 4 rings (SSSR count). The molecule has 9 nitrogen and oxygen atoms in total. The van der Waals surface area contributed by atoms with Crippen LogP contribution in [0.5, 0.6) is 5.75 Å². The van der Waals surface area contributed by atoms with Crippen LogP contribution >= 0.6 is 11.6 Å². The zero-order chi connectivity index (χ0) is 28.9. The molecule has 39 heavy (non-hydrogen) atoms. The van der Waals surface area contributed by atoms with Crippen LogP contribution in [0.1, 0.15) is 84.2 Å². The van der Waals surface area contributed by atoms with Crippen molar-refractivity contribution in [1.82, 2.24) is 24.6 Å². The normalized spacial score (nSPS) is 16.6. The van der Waals surface area contributed by atoms with Crippen LogP contribution in [0.2, 0.25) is 5.02 Å². The molecule has 0 bridgehead atoms. The minimum absolute atomic E-state index is 0.0193. The van der Waals surface area contributed by atoms with Crippen LogP contribution in [-0.4, -0.2) is 61.6 Å². The lowest BCUT2D eigenvalue weighted by Crippen LogP contribution is -2.61. The van der Waals surface area contributed by atoms with Gasteiger partial charge in [0, 0.05) is 40.7 Å². The maximum absolute atomic E-state index is 7.97. The average Bonchev–Trinajstić information content (AvgIpc) is 3.15. The largest absolute Gasteiger partial charge is 0.495 e. The maximum atomic E-state index is 7.97. The van der Waals surface area contributed by atoms with Crippen LogP contribution in [0.4, 0.5) is 11.5 Å². The number of halogens is 1. The summed E-state index contributed by atoms with van der Waals surface area (Å²) in [6.45, 7) is 28.6. The number of anilines is 1. The van der Waals surface area contributed by atoms with Gasteiger partial charge < -0.3 is 15.2 Å². The van der Waals surface area contributed by atoms with Gasteiger partial charge in [-0.25, -0.2) is 19.5 Å². The van der Waals surface area contributed by atoms with Crippen molar-refractivity contribution in [3.8, 4) is 5.75 Å². The van der Waals surface area contributed by atoms with Gasteiger partial charge >= 0.3 is 0 Å². The first-order valence-corrected chi connectivity index (χ1v) is 13.8. The Hall–Kier alpha value is -2.93. The average molecular weight is 554 g/mol. The molecule has 1 aromatic carbocycles. The fraction of sp³-hybridized carbons (Fsp3) is 0.586. The Bertz CT molecular complexity index is 1410. The van der Waals surface area contributed by atoms with Crippen LogP contribution in [0.3, 0.4) is 0 Å². The third-order valence-corrected chi connectivity index (χ3v) is 8.10. The lowest BCUT2D eigenvalue weighted by molar-refractivity contribution is -0.130. The number of likely N-dealkylation sites (tertiary alicyclic amines) is 1. The van der Waals surface area contributed by atoms with Crippen LogP contribution in [0, 0.1) is 13.5 Å². The standard InChI is InChI=1S/C29H40ClN7O2/c1-11-38-25-20(17(3)37-27-22(16(2)35-37)26(31)33-15-34-27)12-21(30)24(32-10)23(25)19-13-36(14-19)29(8,9)18(4)39-28(5,6)7/h12,15,17-19H,11,13-14H2,1-9H3,(H2,31,33,34)/t17?,18-/m0/s1. The summed E-state index contributed by atoms with van der Waals surface area (Å²) in [6.07, 6.45) is 1.46. The first-order valence-electron chi connectivity index (χ1n) is 13.5. The Kier molecular flexibility index (Phi) is 7.87. The minimum atomic E-state index is -0.277. The van der Waals surface area contributed by atoms with Crippen molar-refractivity contribution >= 4 is 34.1 Å². The fourth-order valence-electron chi connectivity index (χ4n) is 5.40. The summed E-state index contributed by atoms with van der Waals surface area (Å²) < 4.78 is 14.4. The van der Waals surface area contributed by atoms with E-state index in [0.717, 1.165) is 35.3 Å². The van der Waals surface area contributed by atoms with Gasteiger partial charge in [0.25, 0.3) is 0 Å². The van der Waals surface area contributed by atoms with E-state index in [4.69, 9.17) is 38.5 Å². The highest BCUT2D eigenvalue weighted by atomic mass is 35.5. The SMILES string of the molecule is [C-]#[N+]c1c(Cl)cc(C(C)n2nc(C)c3c(N)ncnc32)c(OCC)c1C1CN(C(C)(C)[C@H](C)OC(C)(C)C)C1. The second-order valence-electron chi connectivity index (χ2n) is 11.9. The topological polar surface area (TPSA) is 95.7 Å². The first kappa shape index (κ1) is 29.1. The Labute approximate surface area is 236 Å². The Morgan fingerprint density at radius 1 is 1.21 bits per heavy atom. The highest BCUT2D eigenvalue weighted by Gasteiger charge is 2.44. The highest BCUT2D eigenvalue weighted by Crippen LogP contribution is 2.49. The molecule has 2 atom stereocenters. The van der Waals surface area contributed by atoms with Gasteiger partial charge in [-0.05, 0) is 68.4 Å². The summed E-state index contributed by atoms with van der Waals surface area (Å²) in [5.41, 5.74) is 9.28.